The molecule has 0 saturated heterocycles. The lowest BCUT2D eigenvalue weighted by Crippen LogP contribution is -2.01. The fourth-order valence-corrected chi connectivity index (χ4v) is 2.77. The van der Waals surface area contributed by atoms with Gasteiger partial charge in [-0.2, -0.15) is 0 Å². The quantitative estimate of drug-likeness (QED) is 0.781. The predicted molar refractivity (Wildman–Crippen MR) is 75.1 cm³/mol. The molecule has 0 radical (unpaired) electrons. The van der Waals surface area contributed by atoms with Crippen LogP contribution in [0.2, 0.25) is 0 Å². The maximum atomic E-state index is 3.98. The Kier molecular flexibility index (Phi) is 4.34. The zero-order valence-corrected chi connectivity index (χ0v) is 12.6. The summed E-state index contributed by atoms with van der Waals surface area (Å²) in [6.45, 7) is 0. The van der Waals surface area contributed by atoms with Crippen molar-refractivity contribution in [2.45, 2.75) is 17.7 Å². The number of halogens is 2. The zero-order chi connectivity index (χ0) is 12.3. The van der Waals surface area contributed by atoms with Crippen LogP contribution < -0.4 is 0 Å². The first kappa shape index (κ1) is 12.8. The molecule has 1 atom stereocenters. The summed E-state index contributed by atoms with van der Waals surface area (Å²) < 4.78 is 2.65. The molecule has 2 aromatic rings. The van der Waals surface area contributed by atoms with Crippen molar-refractivity contribution in [3.63, 3.8) is 0 Å². The highest BCUT2D eigenvalue weighted by Gasteiger charge is 2.12. The van der Waals surface area contributed by atoms with E-state index < -0.39 is 0 Å². The van der Waals surface area contributed by atoms with Crippen LogP contribution in [0.3, 0.4) is 0 Å². The van der Waals surface area contributed by atoms with Crippen LogP contribution in [0.25, 0.3) is 0 Å². The van der Waals surface area contributed by atoms with Crippen molar-refractivity contribution in [1.29, 1.82) is 0 Å². The summed E-state index contributed by atoms with van der Waals surface area (Å²) in [5, 5.41) is 7.95. The lowest BCUT2D eigenvalue weighted by Gasteiger charge is -2.09. The summed E-state index contributed by atoms with van der Waals surface area (Å²) in [5.41, 5.74) is 2.43. The van der Waals surface area contributed by atoms with Crippen molar-refractivity contribution in [3.8, 4) is 0 Å². The summed E-state index contributed by atoms with van der Waals surface area (Å²) in [6, 6.07) is 10.4. The number of alkyl halides is 1. The van der Waals surface area contributed by atoms with Crippen molar-refractivity contribution in [3.05, 3.63) is 46.2 Å². The van der Waals surface area contributed by atoms with Gasteiger partial charge in [0.25, 0.3) is 0 Å². The second kappa shape index (κ2) is 5.78. The standard InChI is InChI=1S/C12H13Br2N3/c1-17-11(12(14)15-16-17)8-7-10(13)9-5-3-2-4-6-9/h2-6,10H,7-8H2,1H3. The Morgan fingerprint density at radius 3 is 2.59 bits per heavy atom. The molecule has 0 aliphatic carbocycles. The largest absolute Gasteiger partial charge is 0.251 e. The van der Waals surface area contributed by atoms with E-state index in [0.717, 1.165) is 23.1 Å². The molecular formula is C12H13Br2N3. The highest BCUT2D eigenvalue weighted by molar-refractivity contribution is 9.10. The van der Waals surface area contributed by atoms with Gasteiger partial charge < -0.3 is 0 Å². The summed E-state index contributed by atoms with van der Waals surface area (Å²) in [5.74, 6) is 0. The smallest absolute Gasteiger partial charge is 0.151 e. The van der Waals surface area contributed by atoms with Crippen molar-refractivity contribution >= 4 is 31.9 Å². The summed E-state index contributed by atoms with van der Waals surface area (Å²) in [7, 11) is 1.92. The number of aromatic nitrogens is 3. The van der Waals surface area contributed by atoms with Crippen LogP contribution in [0.5, 0.6) is 0 Å². The molecule has 3 nitrogen and oxygen atoms in total. The summed E-state index contributed by atoms with van der Waals surface area (Å²) in [6.07, 6.45) is 1.96. The Labute approximate surface area is 117 Å². The van der Waals surface area contributed by atoms with E-state index in [0.29, 0.717) is 4.83 Å². The molecule has 0 aliphatic rings. The molecule has 0 spiro atoms. The van der Waals surface area contributed by atoms with E-state index in [2.05, 4.69) is 66.4 Å². The average molecular weight is 359 g/mol. The molecule has 17 heavy (non-hydrogen) atoms. The maximum Gasteiger partial charge on any atom is 0.151 e. The number of nitrogens with zero attached hydrogens (tertiary/aromatic N) is 3. The van der Waals surface area contributed by atoms with E-state index in [9.17, 15) is 0 Å². The molecule has 0 fully saturated rings. The van der Waals surface area contributed by atoms with E-state index in [-0.39, 0.29) is 0 Å². The van der Waals surface area contributed by atoms with E-state index in [1.807, 2.05) is 17.8 Å². The third-order valence-corrected chi connectivity index (χ3v) is 4.29. The van der Waals surface area contributed by atoms with Crippen molar-refractivity contribution in [1.82, 2.24) is 15.0 Å². The van der Waals surface area contributed by atoms with Crippen LogP contribution in [-0.2, 0) is 13.5 Å². The van der Waals surface area contributed by atoms with Crippen LogP contribution in [0.1, 0.15) is 22.5 Å². The van der Waals surface area contributed by atoms with Crippen molar-refractivity contribution in [2.24, 2.45) is 7.05 Å². The predicted octanol–water partition coefficient (Wildman–Crippen LogP) is 3.65. The Balaban J connectivity index is 1.99. The first-order chi connectivity index (χ1) is 8.18. The minimum absolute atomic E-state index is 0.366. The zero-order valence-electron chi connectivity index (χ0n) is 9.48. The molecule has 0 amide bonds. The van der Waals surface area contributed by atoms with Crippen LogP contribution in [0, 0.1) is 0 Å². The van der Waals surface area contributed by atoms with Gasteiger partial charge in [0, 0.05) is 11.9 Å². The third-order valence-electron chi connectivity index (χ3n) is 2.69. The van der Waals surface area contributed by atoms with Gasteiger partial charge in [0.1, 0.15) is 0 Å². The van der Waals surface area contributed by atoms with Gasteiger partial charge in [-0.25, -0.2) is 0 Å². The molecule has 0 saturated carbocycles. The highest BCUT2D eigenvalue weighted by atomic mass is 79.9. The van der Waals surface area contributed by atoms with E-state index in [1.54, 1.807) is 0 Å². The number of hydrogen-bond donors (Lipinski definition) is 0. The summed E-state index contributed by atoms with van der Waals surface area (Å²) in [4.78, 5) is 0.366. The van der Waals surface area contributed by atoms with Crippen LogP contribution in [0.4, 0.5) is 0 Å². The maximum absolute atomic E-state index is 3.98. The van der Waals surface area contributed by atoms with Crippen LogP contribution >= 0.6 is 31.9 Å². The van der Waals surface area contributed by atoms with Gasteiger partial charge in [-0.3, -0.25) is 4.68 Å². The molecule has 2 rings (SSSR count). The molecule has 0 N–H and O–H groups in total. The molecular weight excluding hydrogens is 346 g/mol. The van der Waals surface area contributed by atoms with Crippen LogP contribution in [-0.4, -0.2) is 15.0 Å². The van der Waals surface area contributed by atoms with Gasteiger partial charge >= 0.3 is 0 Å². The van der Waals surface area contributed by atoms with Gasteiger partial charge in [-0.05, 0) is 34.3 Å². The van der Waals surface area contributed by atoms with Gasteiger partial charge in [-0.15, -0.1) is 5.10 Å². The van der Waals surface area contributed by atoms with Crippen molar-refractivity contribution in [2.75, 3.05) is 0 Å². The molecule has 0 aliphatic heterocycles. The Morgan fingerprint density at radius 2 is 2.00 bits per heavy atom. The van der Waals surface area contributed by atoms with Gasteiger partial charge in [0.05, 0.1) is 5.69 Å². The molecule has 90 valence electrons. The number of rotatable bonds is 4. The van der Waals surface area contributed by atoms with Gasteiger partial charge in [0.15, 0.2) is 4.60 Å². The fourth-order valence-electron chi connectivity index (χ4n) is 1.71. The van der Waals surface area contributed by atoms with E-state index in [1.165, 1.54) is 5.56 Å². The lowest BCUT2D eigenvalue weighted by atomic mass is 10.1. The molecule has 1 aromatic carbocycles. The number of aryl methyl sites for hydroxylation is 1. The second-order valence-corrected chi connectivity index (χ2v) is 5.72. The minimum Gasteiger partial charge on any atom is -0.251 e. The molecule has 1 unspecified atom stereocenters. The number of hydrogen-bond acceptors (Lipinski definition) is 2. The lowest BCUT2D eigenvalue weighted by molar-refractivity contribution is 0.658. The monoisotopic (exact) mass is 357 g/mol. The van der Waals surface area contributed by atoms with Crippen molar-refractivity contribution < 1.29 is 0 Å². The normalized spacial score (nSPS) is 12.6. The molecule has 0 bridgehead atoms. The van der Waals surface area contributed by atoms with E-state index in [4.69, 9.17) is 0 Å². The first-order valence-electron chi connectivity index (χ1n) is 5.41. The molecule has 5 heteroatoms. The SMILES string of the molecule is Cn1nnc(Br)c1CCC(Br)c1ccccc1. The Morgan fingerprint density at radius 1 is 1.29 bits per heavy atom. The topological polar surface area (TPSA) is 30.7 Å². The minimum atomic E-state index is 0.366. The highest BCUT2D eigenvalue weighted by Crippen LogP contribution is 2.28. The van der Waals surface area contributed by atoms with Gasteiger partial charge in [-0.1, -0.05) is 51.5 Å². The average Bonchev–Trinajstić information content (AvgIpc) is 2.67. The number of benzene rings is 1. The third kappa shape index (κ3) is 3.16. The van der Waals surface area contributed by atoms with Crippen LogP contribution in [0.15, 0.2) is 34.9 Å². The Hall–Kier alpha value is -0.680. The molecule has 1 aromatic heterocycles. The summed E-state index contributed by atoms with van der Waals surface area (Å²) >= 11 is 7.13. The fraction of sp³-hybridized carbons (Fsp3) is 0.333. The first-order valence-corrected chi connectivity index (χ1v) is 7.12. The Bertz CT molecular complexity index is 462. The second-order valence-electron chi connectivity index (χ2n) is 3.87. The van der Waals surface area contributed by atoms with Gasteiger partial charge in [0.2, 0.25) is 0 Å². The van der Waals surface area contributed by atoms with E-state index >= 15 is 0 Å². The molecule has 1 heterocycles.